The Kier molecular flexibility index (Phi) is 6.24. The molecule has 0 spiro atoms. The Bertz CT molecular complexity index is 107. The second kappa shape index (κ2) is 6.41. The first-order valence-corrected chi connectivity index (χ1v) is 4.50. The van der Waals surface area contributed by atoms with Crippen molar-refractivity contribution in [1.82, 2.24) is 4.90 Å². The van der Waals surface area contributed by atoms with Crippen LogP contribution in [-0.2, 0) is 0 Å². The predicted octanol–water partition coefficient (Wildman–Crippen LogP) is 2.54. The maximum atomic E-state index is 2.36. The molecule has 0 saturated heterocycles. The van der Waals surface area contributed by atoms with Gasteiger partial charge < -0.3 is 4.90 Å². The molecule has 0 amide bonds. The molecule has 1 nitrogen and oxygen atoms in total. The van der Waals surface area contributed by atoms with Crippen LogP contribution in [0, 0.1) is 5.92 Å². The second-order valence-electron chi connectivity index (χ2n) is 3.30. The van der Waals surface area contributed by atoms with Gasteiger partial charge in [0.25, 0.3) is 0 Å². The molecule has 0 aromatic rings. The van der Waals surface area contributed by atoms with Crippen LogP contribution >= 0.6 is 0 Å². The van der Waals surface area contributed by atoms with Gasteiger partial charge in [0.2, 0.25) is 0 Å². The van der Waals surface area contributed by atoms with Crippen molar-refractivity contribution in [3.8, 4) is 0 Å². The van der Waals surface area contributed by atoms with Gasteiger partial charge in [0.05, 0.1) is 0 Å². The summed E-state index contributed by atoms with van der Waals surface area (Å²) in [6, 6.07) is 0. The number of rotatable bonds is 5. The van der Waals surface area contributed by atoms with Gasteiger partial charge in [-0.05, 0) is 19.9 Å². The van der Waals surface area contributed by atoms with Crippen LogP contribution < -0.4 is 0 Å². The fourth-order valence-electron chi connectivity index (χ4n) is 1.02. The Labute approximate surface area is 71.1 Å². The molecule has 0 aliphatic carbocycles. The summed E-state index contributed by atoms with van der Waals surface area (Å²) in [5.74, 6) is 0.824. The van der Waals surface area contributed by atoms with E-state index in [2.05, 4.69) is 44.9 Å². The summed E-state index contributed by atoms with van der Waals surface area (Å²) in [6.07, 6.45) is 5.58. The van der Waals surface area contributed by atoms with E-state index >= 15 is 0 Å². The first-order valence-electron chi connectivity index (χ1n) is 4.50. The minimum Gasteiger partial charge on any atom is -0.302 e. The van der Waals surface area contributed by atoms with E-state index in [0.29, 0.717) is 0 Å². The Hall–Kier alpha value is -0.300. The van der Waals surface area contributed by atoms with Crippen molar-refractivity contribution in [2.45, 2.75) is 27.2 Å². The normalized spacial score (nSPS) is 14.6. The van der Waals surface area contributed by atoms with Crippen molar-refractivity contribution in [1.29, 1.82) is 0 Å². The van der Waals surface area contributed by atoms with Gasteiger partial charge in [-0.1, -0.05) is 32.4 Å². The first-order chi connectivity index (χ1) is 5.20. The number of hydrogen-bond donors (Lipinski definition) is 0. The zero-order valence-electron chi connectivity index (χ0n) is 8.30. The maximum absolute atomic E-state index is 2.36. The van der Waals surface area contributed by atoms with E-state index in [1.54, 1.807) is 0 Å². The Morgan fingerprint density at radius 2 is 2.09 bits per heavy atom. The topological polar surface area (TPSA) is 3.24 Å². The van der Waals surface area contributed by atoms with E-state index in [4.69, 9.17) is 0 Å². The highest BCUT2D eigenvalue weighted by molar-refractivity contribution is 4.80. The number of allylic oxidation sites excluding steroid dienone is 1. The summed E-state index contributed by atoms with van der Waals surface area (Å²) in [5.41, 5.74) is 0. The van der Waals surface area contributed by atoms with Crippen LogP contribution in [0.4, 0.5) is 0 Å². The number of hydrogen-bond acceptors (Lipinski definition) is 1. The molecule has 0 fully saturated rings. The van der Waals surface area contributed by atoms with Crippen molar-refractivity contribution in [3.05, 3.63) is 12.2 Å². The van der Waals surface area contributed by atoms with Crippen molar-refractivity contribution >= 4 is 0 Å². The standard InChI is InChI=1S/C10H21N/c1-5-7-8-11(4)9-10(3)6-2/h5,7,10H,6,8-9H2,1-4H3/b7-5-. The third-order valence-corrected chi connectivity index (χ3v) is 1.97. The summed E-state index contributed by atoms with van der Waals surface area (Å²) in [5, 5.41) is 0. The first kappa shape index (κ1) is 10.7. The molecule has 0 saturated carbocycles. The van der Waals surface area contributed by atoms with Gasteiger partial charge >= 0.3 is 0 Å². The van der Waals surface area contributed by atoms with Gasteiger partial charge in [0.1, 0.15) is 0 Å². The van der Waals surface area contributed by atoms with Gasteiger partial charge in [-0.15, -0.1) is 0 Å². The second-order valence-corrected chi connectivity index (χ2v) is 3.30. The summed E-state index contributed by atoms with van der Waals surface area (Å²) < 4.78 is 0. The van der Waals surface area contributed by atoms with Crippen LogP contribution in [0.5, 0.6) is 0 Å². The largest absolute Gasteiger partial charge is 0.302 e. The quantitative estimate of drug-likeness (QED) is 0.551. The van der Waals surface area contributed by atoms with Crippen molar-refractivity contribution < 1.29 is 0 Å². The zero-order valence-corrected chi connectivity index (χ0v) is 8.30. The molecule has 1 heteroatoms. The highest BCUT2D eigenvalue weighted by atomic mass is 15.1. The predicted molar refractivity (Wildman–Crippen MR) is 51.8 cm³/mol. The van der Waals surface area contributed by atoms with E-state index in [1.807, 2.05) is 0 Å². The average Bonchev–Trinajstić information content (AvgIpc) is 2.00. The summed E-state index contributed by atoms with van der Waals surface area (Å²) >= 11 is 0. The van der Waals surface area contributed by atoms with E-state index in [-0.39, 0.29) is 0 Å². The lowest BCUT2D eigenvalue weighted by Gasteiger charge is -2.18. The van der Waals surface area contributed by atoms with Crippen molar-refractivity contribution in [3.63, 3.8) is 0 Å². The fourth-order valence-corrected chi connectivity index (χ4v) is 1.02. The third kappa shape index (κ3) is 6.11. The number of likely N-dealkylation sites (N-methyl/N-ethyl adjacent to an activating group) is 1. The minimum absolute atomic E-state index is 0.824. The van der Waals surface area contributed by atoms with Crippen LogP contribution in [0.2, 0.25) is 0 Å². The molecule has 0 bridgehead atoms. The van der Waals surface area contributed by atoms with Gasteiger partial charge in [0.15, 0.2) is 0 Å². The van der Waals surface area contributed by atoms with Crippen LogP contribution in [-0.4, -0.2) is 25.0 Å². The lowest BCUT2D eigenvalue weighted by Crippen LogP contribution is -2.24. The molecular formula is C10H21N. The highest BCUT2D eigenvalue weighted by Gasteiger charge is 2.01. The zero-order chi connectivity index (χ0) is 8.69. The third-order valence-electron chi connectivity index (χ3n) is 1.97. The lowest BCUT2D eigenvalue weighted by atomic mass is 10.1. The fraction of sp³-hybridized carbons (Fsp3) is 0.800. The summed E-state index contributed by atoms with van der Waals surface area (Å²) in [4.78, 5) is 2.36. The molecular weight excluding hydrogens is 134 g/mol. The molecule has 0 N–H and O–H groups in total. The SMILES string of the molecule is C/C=C\CN(C)CC(C)CC. The van der Waals surface area contributed by atoms with E-state index in [1.165, 1.54) is 13.0 Å². The average molecular weight is 155 g/mol. The Balaban J connectivity index is 3.42. The molecule has 0 aromatic heterocycles. The van der Waals surface area contributed by atoms with E-state index in [9.17, 15) is 0 Å². The molecule has 0 heterocycles. The van der Waals surface area contributed by atoms with E-state index < -0.39 is 0 Å². The van der Waals surface area contributed by atoms with Gasteiger partial charge in [-0.2, -0.15) is 0 Å². The maximum Gasteiger partial charge on any atom is 0.0160 e. The molecule has 0 aliphatic rings. The van der Waals surface area contributed by atoms with Crippen LogP contribution in [0.3, 0.4) is 0 Å². The van der Waals surface area contributed by atoms with E-state index in [0.717, 1.165) is 12.5 Å². The Morgan fingerprint density at radius 3 is 2.55 bits per heavy atom. The molecule has 0 rings (SSSR count). The van der Waals surface area contributed by atoms with Gasteiger partial charge in [-0.3, -0.25) is 0 Å². The van der Waals surface area contributed by atoms with Crippen LogP contribution in [0.1, 0.15) is 27.2 Å². The van der Waals surface area contributed by atoms with Crippen LogP contribution in [0.15, 0.2) is 12.2 Å². The van der Waals surface area contributed by atoms with Gasteiger partial charge in [-0.25, -0.2) is 0 Å². The molecule has 66 valence electrons. The highest BCUT2D eigenvalue weighted by Crippen LogP contribution is 2.01. The van der Waals surface area contributed by atoms with Crippen LogP contribution in [0.25, 0.3) is 0 Å². The van der Waals surface area contributed by atoms with Crippen molar-refractivity contribution in [2.24, 2.45) is 5.92 Å². The molecule has 0 aromatic carbocycles. The molecule has 1 unspecified atom stereocenters. The van der Waals surface area contributed by atoms with Crippen molar-refractivity contribution in [2.75, 3.05) is 20.1 Å². The molecule has 0 radical (unpaired) electrons. The minimum atomic E-state index is 0.824. The molecule has 11 heavy (non-hydrogen) atoms. The monoisotopic (exact) mass is 155 g/mol. The Morgan fingerprint density at radius 1 is 1.45 bits per heavy atom. The van der Waals surface area contributed by atoms with Gasteiger partial charge in [0, 0.05) is 13.1 Å². The lowest BCUT2D eigenvalue weighted by molar-refractivity contribution is 0.307. The summed E-state index contributed by atoms with van der Waals surface area (Å²) in [6.45, 7) is 8.90. The summed E-state index contributed by atoms with van der Waals surface area (Å²) in [7, 11) is 2.17. The number of nitrogens with zero attached hydrogens (tertiary/aromatic N) is 1. The molecule has 0 aliphatic heterocycles. The molecule has 1 atom stereocenters. The smallest absolute Gasteiger partial charge is 0.0160 e.